The van der Waals surface area contributed by atoms with Crippen LogP contribution in [0.15, 0.2) is 61.2 Å². The molecule has 0 aromatic heterocycles. The summed E-state index contributed by atoms with van der Waals surface area (Å²) in [5.41, 5.74) is 0.659. The van der Waals surface area contributed by atoms with Crippen molar-refractivity contribution < 1.29 is 28.7 Å². The van der Waals surface area contributed by atoms with E-state index in [-0.39, 0.29) is 12.5 Å². The van der Waals surface area contributed by atoms with Crippen LogP contribution in [0.5, 0.6) is 0 Å². The van der Waals surface area contributed by atoms with E-state index in [0.717, 1.165) is 17.5 Å². The molecule has 1 saturated carbocycles. The van der Waals surface area contributed by atoms with Gasteiger partial charge < -0.3 is 25.0 Å². The van der Waals surface area contributed by atoms with Crippen molar-refractivity contribution in [3.8, 4) is 0 Å². The first kappa shape index (κ1) is 34.4. The van der Waals surface area contributed by atoms with Crippen molar-refractivity contribution in [1.82, 2.24) is 15.5 Å². The lowest BCUT2D eigenvalue weighted by atomic mass is 9.87. The molecule has 238 valence electrons. The minimum atomic E-state index is -1.09. The second-order valence-corrected chi connectivity index (χ2v) is 13.3. The average Bonchev–Trinajstić information content (AvgIpc) is 2.89. The number of carbonyl (C=O) groups excluding carboxylic acids is 4. The molecule has 9 heteroatoms. The molecule has 2 N–H and O–H groups in total. The number of hydrogen-bond donors (Lipinski definition) is 2. The predicted octanol–water partition coefficient (Wildman–Crippen LogP) is 5.73. The van der Waals surface area contributed by atoms with Crippen LogP contribution in [0.3, 0.4) is 0 Å². The summed E-state index contributed by atoms with van der Waals surface area (Å²) in [6, 6.07) is 13.3. The Hall–Kier alpha value is -4.14. The Morgan fingerprint density at radius 2 is 1.57 bits per heavy atom. The maximum absolute atomic E-state index is 14.4. The molecular weight excluding hydrogens is 558 g/mol. The fourth-order valence-corrected chi connectivity index (χ4v) is 4.91. The molecular formula is C35H47N3O6. The van der Waals surface area contributed by atoms with Crippen molar-refractivity contribution in [2.45, 2.75) is 110 Å². The fraction of sp³-hybridized carbons (Fsp3) is 0.486. The van der Waals surface area contributed by atoms with Gasteiger partial charge in [-0.1, -0.05) is 61.2 Å². The van der Waals surface area contributed by atoms with Crippen molar-refractivity contribution in [1.29, 1.82) is 0 Å². The van der Waals surface area contributed by atoms with Gasteiger partial charge in [0.05, 0.1) is 0 Å². The van der Waals surface area contributed by atoms with Crippen molar-refractivity contribution >= 4 is 30.0 Å². The van der Waals surface area contributed by atoms with Gasteiger partial charge in [0.15, 0.2) is 0 Å². The zero-order chi connectivity index (χ0) is 32.7. The van der Waals surface area contributed by atoms with Crippen molar-refractivity contribution in [2.75, 3.05) is 0 Å². The minimum absolute atomic E-state index is 0.203. The molecule has 0 heterocycles. The Morgan fingerprint density at radius 3 is 2.11 bits per heavy atom. The molecule has 44 heavy (non-hydrogen) atoms. The summed E-state index contributed by atoms with van der Waals surface area (Å²) in [7, 11) is 0. The highest BCUT2D eigenvalue weighted by molar-refractivity contribution is 5.94. The third-order valence-electron chi connectivity index (χ3n) is 7.11. The van der Waals surface area contributed by atoms with Crippen LogP contribution >= 0.6 is 0 Å². The standard InChI is InChI=1S/C35H47N3O6/c1-9-24-17-13-18-26(21-24)29(38(27-19-14-20-27)31(40)23(2)36-33(42)44-35(6,7)8)30(39)37-28(32(41)43-34(3,4)5)22-25-15-11-10-12-16-25/h9-13,15-18,21,23,27-29H,1,14,19-20,22H2,2-8H3,(H,36,42)(H,37,39). The Balaban J connectivity index is 2.02. The van der Waals surface area contributed by atoms with Crippen LogP contribution < -0.4 is 10.6 Å². The first-order valence-electron chi connectivity index (χ1n) is 15.2. The molecule has 3 atom stereocenters. The Bertz CT molecular complexity index is 1320. The summed E-state index contributed by atoms with van der Waals surface area (Å²) in [5, 5.41) is 5.56. The minimum Gasteiger partial charge on any atom is -0.458 e. The van der Waals surface area contributed by atoms with Gasteiger partial charge in [0, 0.05) is 12.5 Å². The van der Waals surface area contributed by atoms with E-state index >= 15 is 0 Å². The lowest BCUT2D eigenvalue weighted by molar-refractivity contribution is -0.159. The SMILES string of the molecule is C=Cc1cccc(C(C(=O)NC(Cc2ccccc2)C(=O)OC(C)(C)C)N(C(=O)C(C)NC(=O)OC(C)(C)C)C2CCC2)c1. The zero-order valence-corrected chi connectivity index (χ0v) is 27.0. The van der Waals surface area contributed by atoms with E-state index in [9.17, 15) is 19.2 Å². The van der Waals surface area contributed by atoms with Gasteiger partial charge in [0.1, 0.15) is 29.3 Å². The molecule has 0 bridgehead atoms. The molecule has 3 unspecified atom stereocenters. The molecule has 2 aromatic carbocycles. The molecule has 0 aliphatic heterocycles. The van der Waals surface area contributed by atoms with Crippen LogP contribution in [0.4, 0.5) is 4.79 Å². The summed E-state index contributed by atoms with van der Waals surface area (Å²) in [4.78, 5) is 56.0. The second kappa shape index (κ2) is 14.6. The molecule has 0 saturated heterocycles. The highest BCUT2D eigenvalue weighted by Gasteiger charge is 2.42. The maximum Gasteiger partial charge on any atom is 0.408 e. The summed E-state index contributed by atoms with van der Waals surface area (Å²) in [6.45, 7) is 16.0. The number of esters is 1. The summed E-state index contributed by atoms with van der Waals surface area (Å²) < 4.78 is 11.1. The van der Waals surface area contributed by atoms with Gasteiger partial charge in [-0.25, -0.2) is 9.59 Å². The molecule has 1 aliphatic rings. The predicted molar refractivity (Wildman–Crippen MR) is 171 cm³/mol. The van der Waals surface area contributed by atoms with E-state index in [2.05, 4.69) is 17.2 Å². The summed E-state index contributed by atoms with van der Waals surface area (Å²) in [5.74, 6) is -1.53. The van der Waals surface area contributed by atoms with E-state index in [1.165, 1.54) is 0 Å². The second-order valence-electron chi connectivity index (χ2n) is 13.3. The highest BCUT2D eigenvalue weighted by atomic mass is 16.6. The number of nitrogens with one attached hydrogen (secondary N) is 2. The number of benzene rings is 2. The Labute approximate surface area is 261 Å². The smallest absolute Gasteiger partial charge is 0.408 e. The lowest BCUT2D eigenvalue weighted by Gasteiger charge is -2.43. The molecule has 2 aromatic rings. The van der Waals surface area contributed by atoms with E-state index in [0.29, 0.717) is 18.4 Å². The number of amides is 3. The molecule has 3 amide bonds. The van der Waals surface area contributed by atoms with Gasteiger partial charge >= 0.3 is 12.1 Å². The Kier molecular flexibility index (Phi) is 11.4. The Morgan fingerprint density at radius 1 is 0.932 bits per heavy atom. The van der Waals surface area contributed by atoms with Gasteiger partial charge in [-0.05, 0) is 90.5 Å². The average molecular weight is 606 g/mol. The van der Waals surface area contributed by atoms with Crippen molar-refractivity contribution in [3.63, 3.8) is 0 Å². The topological polar surface area (TPSA) is 114 Å². The molecule has 0 spiro atoms. The number of alkyl carbamates (subject to hydrolysis) is 1. The van der Waals surface area contributed by atoms with Gasteiger partial charge in [0.2, 0.25) is 11.8 Å². The van der Waals surface area contributed by atoms with E-state index in [1.807, 2.05) is 42.5 Å². The quantitative estimate of drug-likeness (QED) is 0.316. The molecule has 3 rings (SSSR count). The van der Waals surface area contributed by atoms with Crippen LogP contribution in [-0.4, -0.2) is 58.1 Å². The number of hydrogen-bond acceptors (Lipinski definition) is 6. The number of rotatable bonds is 11. The highest BCUT2D eigenvalue weighted by Crippen LogP contribution is 2.34. The van der Waals surface area contributed by atoms with Gasteiger partial charge in [0.25, 0.3) is 0 Å². The number of carbonyl (C=O) groups is 4. The molecule has 1 aliphatic carbocycles. The molecule has 9 nitrogen and oxygen atoms in total. The third-order valence-corrected chi connectivity index (χ3v) is 7.11. The molecule has 0 radical (unpaired) electrons. The first-order chi connectivity index (χ1) is 20.6. The molecule has 1 fully saturated rings. The van der Waals surface area contributed by atoms with Gasteiger partial charge in [-0.3, -0.25) is 9.59 Å². The van der Waals surface area contributed by atoms with Crippen molar-refractivity contribution in [2.24, 2.45) is 0 Å². The number of ether oxygens (including phenoxy) is 2. The van der Waals surface area contributed by atoms with Gasteiger partial charge in [-0.2, -0.15) is 0 Å². The van der Waals surface area contributed by atoms with E-state index in [1.54, 1.807) is 71.6 Å². The number of nitrogens with zero attached hydrogens (tertiary/aromatic N) is 1. The lowest BCUT2D eigenvalue weighted by Crippen LogP contribution is -2.58. The maximum atomic E-state index is 14.4. The van der Waals surface area contributed by atoms with Crippen molar-refractivity contribution in [3.05, 3.63) is 77.9 Å². The monoisotopic (exact) mass is 605 g/mol. The van der Waals surface area contributed by atoms with E-state index in [4.69, 9.17) is 9.47 Å². The van der Waals surface area contributed by atoms with Crippen LogP contribution in [0, 0.1) is 0 Å². The fourth-order valence-electron chi connectivity index (χ4n) is 4.91. The normalized spacial score (nSPS) is 15.5. The largest absolute Gasteiger partial charge is 0.458 e. The van der Waals surface area contributed by atoms with Crippen LogP contribution in [0.1, 0.15) is 90.5 Å². The summed E-state index contributed by atoms with van der Waals surface area (Å²) in [6.07, 6.45) is 3.45. The van der Waals surface area contributed by atoms with Crippen LogP contribution in [0.2, 0.25) is 0 Å². The summed E-state index contributed by atoms with van der Waals surface area (Å²) >= 11 is 0. The van der Waals surface area contributed by atoms with Crippen LogP contribution in [0.25, 0.3) is 6.08 Å². The zero-order valence-electron chi connectivity index (χ0n) is 27.0. The third kappa shape index (κ3) is 9.96. The first-order valence-corrected chi connectivity index (χ1v) is 15.2. The van der Waals surface area contributed by atoms with Crippen LogP contribution in [-0.2, 0) is 30.3 Å². The van der Waals surface area contributed by atoms with E-state index < -0.39 is 53.2 Å². The van der Waals surface area contributed by atoms with Gasteiger partial charge in [-0.15, -0.1) is 0 Å².